The lowest BCUT2D eigenvalue weighted by Crippen LogP contribution is -2.46. The van der Waals surface area contributed by atoms with Crippen molar-refractivity contribution in [2.75, 3.05) is 62.5 Å². The second-order valence-electron chi connectivity index (χ2n) is 12.7. The van der Waals surface area contributed by atoms with Gasteiger partial charge < -0.3 is 24.2 Å². The Hall–Kier alpha value is -2.69. The van der Waals surface area contributed by atoms with Crippen LogP contribution in [0.4, 0.5) is 11.4 Å². The van der Waals surface area contributed by atoms with Gasteiger partial charge in [0, 0.05) is 59.9 Å². The van der Waals surface area contributed by atoms with E-state index >= 15 is 0 Å². The van der Waals surface area contributed by atoms with Gasteiger partial charge in [0.15, 0.2) is 0 Å². The maximum Gasteiger partial charge on any atom is 0.270 e. The third kappa shape index (κ3) is 8.08. The SMILES string of the molecule is CC(C)CCOC(O)OCN1C(=O)CC(C)(C)c2ccc(OCCCCN3CCN(c4cccc5sccc45)CC3)cc21. The van der Waals surface area contributed by atoms with E-state index in [1.165, 1.54) is 15.8 Å². The second kappa shape index (κ2) is 14.4. The van der Waals surface area contributed by atoms with Gasteiger partial charge in [-0.05, 0) is 66.9 Å². The molecule has 1 N–H and O–H groups in total. The van der Waals surface area contributed by atoms with Crippen molar-refractivity contribution in [1.82, 2.24) is 4.90 Å². The van der Waals surface area contributed by atoms with E-state index in [0.717, 1.165) is 69.0 Å². The molecule has 234 valence electrons. The molecule has 2 aromatic carbocycles. The number of anilines is 2. The summed E-state index contributed by atoms with van der Waals surface area (Å²) in [5.74, 6) is 1.16. The normalized spacial score (nSPS) is 18.0. The number of amides is 1. The molecule has 1 saturated heterocycles. The molecule has 8 nitrogen and oxygen atoms in total. The highest BCUT2D eigenvalue weighted by Crippen LogP contribution is 2.42. The molecular weight excluding hydrogens is 562 g/mol. The Bertz CT molecular complexity index is 1350. The van der Waals surface area contributed by atoms with Crippen LogP contribution in [-0.2, 0) is 19.7 Å². The Morgan fingerprint density at radius 2 is 1.79 bits per heavy atom. The predicted octanol–water partition coefficient (Wildman–Crippen LogP) is 6.21. The fourth-order valence-electron chi connectivity index (χ4n) is 5.93. The Morgan fingerprint density at radius 3 is 2.58 bits per heavy atom. The van der Waals surface area contributed by atoms with E-state index in [9.17, 15) is 9.90 Å². The van der Waals surface area contributed by atoms with Crippen LogP contribution >= 0.6 is 11.3 Å². The molecule has 1 amide bonds. The van der Waals surface area contributed by atoms with Crippen LogP contribution in [0.15, 0.2) is 47.8 Å². The zero-order valence-corrected chi connectivity index (χ0v) is 26.9. The molecule has 1 fully saturated rings. The average Bonchev–Trinajstić information content (AvgIpc) is 3.46. The van der Waals surface area contributed by atoms with E-state index in [1.54, 1.807) is 4.90 Å². The van der Waals surface area contributed by atoms with Gasteiger partial charge >= 0.3 is 0 Å². The van der Waals surface area contributed by atoms with Crippen LogP contribution in [0.5, 0.6) is 5.75 Å². The summed E-state index contributed by atoms with van der Waals surface area (Å²) < 4.78 is 18.4. The molecule has 2 aliphatic rings. The number of benzene rings is 2. The molecule has 5 rings (SSSR count). The molecule has 0 radical (unpaired) electrons. The highest BCUT2D eigenvalue weighted by atomic mass is 32.1. The molecule has 3 aromatic rings. The third-order valence-corrected chi connectivity index (χ3v) is 9.39. The quantitative estimate of drug-likeness (QED) is 0.172. The Balaban J connectivity index is 1.08. The summed E-state index contributed by atoms with van der Waals surface area (Å²) in [5.41, 5.74) is 2.89. The molecule has 3 heterocycles. The molecule has 43 heavy (non-hydrogen) atoms. The maximum absolute atomic E-state index is 13.1. The predicted molar refractivity (Wildman–Crippen MR) is 174 cm³/mol. The van der Waals surface area contributed by atoms with Crippen molar-refractivity contribution < 1.29 is 24.1 Å². The zero-order chi connectivity index (χ0) is 30.4. The summed E-state index contributed by atoms with van der Waals surface area (Å²) >= 11 is 1.81. The van der Waals surface area contributed by atoms with Gasteiger partial charge in [0.05, 0.1) is 18.9 Å². The summed E-state index contributed by atoms with van der Waals surface area (Å²) in [5, 5.41) is 13.7. The summed E-state index contributed by atoms with van der Waals surface area (Å²) in [6, 6.07) is 14.8. The number of carbonyl (C=O) groups is 1. The van der Waals surface area contributed by atoms with Crippen LogP contribution in [0.1, 0.15) is 58.9 Å². The first-order valence-electron chi connectivity index (χ1n) is 15.6. The smallest absolute Gasteiger partial charge is 0.270 e. The minimum Gasteiger partial charge on any atom is -0.494 e. The molecule has 0 saturated carbocycles. The number of carbonyl (C=O) groups excluding carboxylic acids is 1. The van der Waals surface area contributed by atoms with E-state index in [2.05, 4.69) is 73.2 Å². The van der Waals surface area contributed by atoms with Crippen LogP contribution in [0.3, 0.4) is 0 Å². The van der Waals surface area contributed by atoms with E-state index in [-0.39, 0.29) is 18.1 Å². The van der Waals surface area contributed by atoms with E-state index in [1.807, 2.05) is 23.5 Å². The lowest BCUT2D eigenvalue weighted by molar-refractivity contribution is -0.263. The fourth-order valence-corrected chi connectivity index (χ4v) is 6.73. The van der Waals surface area contributed by atoms with Crippen LogP contribution in [0.2, 0.25) is 0 Å². The number of aliphatic hydroxyl groups excluding tert-OH is 1. The van der Waals surface area contributed by atoms with Crippen molar-refractivity contribution in [3.8, 4) is 5.75 Å². The molecule has 1 unspecified atom stereocenters. The minimum atomic E-state index is -1.37. The van der Waals surface area contributed by atoms with Crippen LogP contribution in [0.25, 0.3) is 10.1 Å². The maximum atomic E-state index is 13.1. The van der Waals surface area contributed by atoms with Gasteiger partial charge in [-0.3, -0.25) is 14.6 Å². The molecule has 0 aliphatic carbocycles. The molecule has 1 aromatic heterocycles. The number of fused-ring (bicyclic) bond motifs is 2. The summed E-state index contributed by atoms with van der Waals surface area (Å²) in [4.78, 5) is 19.7. The van der Waals surface area contributed by atoms with Crippen LogP contribution in [0, 0.1) is 5.92 Å². The largest absolute Gasteiger partial charge is 0.494 e. The topological polar surface area (TPSA) is 74.7 Å². The van der Waals surface area contributed by atoms with Crippen LogP contribution < -0.4 is 14.5 Å². The number of nitrogens with zero attached hydrogens (tertiary/aromatic N) is 3. The molecular formula is C34H47N3O5S. The van der Waals surface area contributed by atoms with Crippen molar-refractivity contribution in [1.29, 1.82) is 0 Å². The lowest BCUT2D eigenvalue weighted by atomic mass is 9.77. The number of hydrogen-bond acceptors (Lipinski definition) is 8. The van der Waals surface area contributed by atoms with Gasteiger partial charge in [-0.15, -0.1) is 11.3 Å². The van der Waals surface area contributed by atoms with E-state index in [0.29, 0.717) is 25.6 Å². The van der Waals surface area contributed by atoms with E-state index in [4.69, 9.17) is 14.2 Å². The summed E-state index contributed by atoms with van der Waals surface area (Å²) in [6.07, 6.45) is 3.23. The third-order valence-electron chi connectivity index (χ3n) is 8.51. The average molecular weight is 610 g/mol. The van der Waals surface area contributed by atoms with Gasteiger partial charge in [0.25, 0.3) is 6.48 Å². The van der Waals surface area contributed by atoms with Gasteiger partial charge in [-0.25, -0.2) is 0 Å². The minimum absolute atomic E-state index is 0.0452. The first kappa shape index (κ1) is 31.7. The fraction of sp³-hybridized carbons (Fsp3) is 0.559. The number of unbranched alkanes of at least 4 members (excludes halogenated alkanes) is 1. The summed E-state index contributed by atoms with van der Waals surface area (Å²) in [7, 11) is 0. The Morgan fingerprint density at radius 1 is 0.977 bits per heavy atom. The highest BCUT2D eigenvalue weighted by molar-refractivity contribution is 7.17. The first-order chi connectivity index (χ1) is 20.7. The number of aliphatic hydroxyl groups is 1. The highest BCUT2D eigenvalue weighted by Gasteiger charge is 2.37. The molecule has 0 spiro atoms. The number of piperazine rings is 1. The first-order valence-corrected chi connectivity index (χ1v) is 16.5. The molecule has 9 heteroatoms. The standard InChI is InChI=1S/C34H47N3O5S/c1-25(2)12-20-41-33(39)42-24-37-30-22-26(10-11-28(30)34(3,4)23-32(37)38)40-19-6-5-14-35-15-17-36(18-16-35)29-8-7-9-31-27(29)13-21-43-31/h7-11,13,21-22,25,33,39H,5-6,12,14-20,23-24H2,1-4H3. The van der Waals surface area contributed by atoms with Crippen molar-refractivity contribution in [2.24, 2.45) is 5.92 Å². The number of thiophene rings is 1. The van der Waals surface area contributed by atoms with E-state index < -0.39 is 6.48 Å². The number of rotatable bonds is 14. The van der Waals surface area contributed by atoms with Crippen molar-refractivity contribution in [3.05, 3.63) is 53.4 Å². The number of ether oxygens (including phenoxy) is 3. The Labute approximate surface area is 260 Å². The van der Waals surface area contributed by atoms with Gasteiger partial charge in [-0.2, -0.15) is 0 Å². The monoisotopic (exact) mass is 609 g/mol. The zero-order valence-electron chi connectivity index (χ0n) is 26.1. The molecule has 0 bridgehead atoms. The van der Waals surface area contributed by atoms with Crippen molar-refractivity contribution >= 4 is 38.7 Å². The summed E-state index contributed by atoms with van der Waals surface area (Å²) in [6.45, 7) is 13.2. The van der Waals surface area contributed by atoms with Crippen molar-refractivity contribution in [2.45, 2.75) is 65.3 Å². The number of hydrogen-bond donors (Lipinski definition) is 1. The lowest BCUT2D eigenvalue weighted by Gasteiger charge is -2.38. The molecule has 2 aliphatic heterocycles. The van der Waals surface area contributed by atoms with Gasteiger partial charge in [0.2, 0.25) is 5.91 Å². The second-order valence-corrected chi connectivity index (χ2v) is 13.7. The van der Waals surface area contributed by atoms with Crippen molar-refractivity contribution in [3.63, 3.8) is 0 Å². The molecule has 1 atom stereocenters. The Kier molecular flexibility index (Phi) is 10.6. The van der Waals surface area contributed by atoms with Crippen LogP contribution in [-0.4, -0.2) is 75.1 Å². The van der Waals surface area contributed by atoms with Gasteiger partial charge in [0.1, 0.15) is 12.5 Å². The van der Waals surface area contributed by atoms with Gasteiger partial charge in [-0.1, -0.05) is 39.8 Å².